The van der Waals surface area contributed by atoms with Crippen molar-refractivity contribution in [2.75, 3.05) is 29.5 Å². The maximum atomic E-state index is 13.6. The normalized spacial score (nSPS) is 23.3. The van der Waals surface area contributed by atoms with E-state index in [1.54, 1.807) is 11.3 Å². The molecule has 3 aromatic rings. The van der Waals surface area contributed by atoms with Crippen LogP contribution in [0.3, 0.4) is 0 Å². The van der Waals surface area contributed by atoms with Gasteiger partial charge in [-0.2, -0.15) is 21.1 Å². The fourth-order valence-corrected chi connectivity index (χ4v) is 8.55. The zero-order valence-corrected chi connectivity index (χ0v) is 25.3. The number of anilines is 1. The average Bonchev–Trinajstić information content (AvgIpc) is 3.64. The molecule has 3 aliphatic rings. The highest BCUT2D eigenvalue weighted by molar-refractivity contribution is 8.24. The van der Waals surface area contributed by atoms with Crippen LogP contribution < -0.4 is 10.2 Å². The number of hydrogen-bond acceptors (Lipinski definition) is 8. The molecule has 2 aliphatic carbocycles. The predicted molar refractivity (Wildman–Crippen MR) is 168 cm³/mol. The maximum Gasteiger partial charge on any atom is 0.225 e. The van der Waals surface area contributed by atoms with Gasteiger partial charge in [0.15, 0.2) is 0 Å². The summed E-state index contributed by atoms with van der Waals surface area (Å²) in [5, 5.41) is 23.3. The van der Waals surface area contributed by atoms with Crippen molar-refractivity contribution in [3.63, 3.8) is 0 Å². The molecule has 3 N–H and O–H groups in total. The molecule has 8 nitrogen and oxygen atoms in total. The summed E-state index contributed by atoms with van der Waals surface area (Å²) in [5.74, 6) is 0.356. The number of nitriles is 2. The second-order valence-corrected chi connectivity index (χ2v) is 15.2. The van der Waals surface area contributed by atoms with Gasteiger partial charge < -0.3 is 10.2 Å². The lowest BCUT2D eigenvalue weighted by Gasteiger charge is -2.41. The molecule has 10 heteroatoms. The number of rotatable bonds is 6. The minimum absolute atomic E-state index is 0.0567. The van der Waals surface area contributed by atoms with Crippen molar-refractivity contribution in [1.82, 2.24) is 10.3 Å². The fraction of sp³-hybridized carbons (Fsp3) is 0.438. The molecule has 1 aromatic heterocycles. The minimum atomic E-state index is -2.47. The molecule has 3 fully saturated rings. The number of amides is 1. The smallest absolute Gasteiger partial charge is 0.225 e. The van der Waals surface area contributed by atoms with Crippen LogP contribution in [-0.2, 0) is 4.79 Å². The number of carbonyl (C=O) groups is 1. The second kappa shape index (κ2) is 11.3. The Kier molecular flexibility index (Phi) is 7.75. The molecule has 2 heterocycles. The number of thiazole rings is 1. The highest BCUT2D eigenvalue weighted by Gasteiger charge is 2.47. The molecule has 0 radical (unpaired) electrons. The zero-order chi connectivity index (χ0) is 29.5. The predicted octanol–water partition coefficient (Wildman–Crippen LogP) is 6.67. The Morgan fingerprint density at radius 3 is 2.48 bits per heavy atom. The van der Waals surface area contributed by atoms with Gasteiger partial charge in [-0.05, 0) is 61.9 Å². The monoisotopic (exact) mass is 601 g/mol. The topological polar surface area (TPSA) is 133 Å². The SMILES string of the molecule is Cc1ccc(-c2nc([C@@H]3CCCC[C@H]3C(=O)NC3(C#N)CC3)c(-c3ccc(N4CCS(O)(O)CC4)cc3)s2)c(C#N)c1. The van der Waals surface area contributed by atoms with E-state index in [1.165, 1.54) is 0 Å². The summed E-state index contributed by atoms with van der Waals surface area (Å²) in [6.07, 6.45) is 4.96. The number of benzene rings is 2. The van der Waals surface area contributed by atoms with E-state index in [0.29, 0.717) is 43.0 Å². The molecule has 2 aromatic carbocycles. The Labute approximate surface area is 252 Å². The van der Waals surface area contributed by atoms with E-state index < -0.39 is 16.1 Å². The van der Waals surface area contributed by atoms with Crippen LogP contribution in [0.5, 0.6) is 0 Å². The van der Waals surface area contributed by atoms with Gasteiger partial charge in [0, 0.05) is 36.2 Å². The highest BCUT2D eigenvalue weighted by Crippen LogP contribution is 2.47. The van der Waals surface area contributed by atoms with Gasteiger partial charge in [0.2, 0.25) is 5.91 Å². The first-order valence-corrected chi connectivity index (χ1v) is 17.3. The molecule has 6 rings (SSSR count). The van der Waals surface area contributed by atoms with E-state index >= 15 is 0 Å². The molecule has 218 valence electrons. The van der Waals surface area contributed by atoms with Crippen LogP contribution in [0.4, 0.5) is 5.69 Å². The first-order chi connectivity index (χ1) is 20.2. The lowest BCUT2D eigenvalue weighted by molar-refractivity contribution is -0.127. The summed E-state index contributed by atoms with van der Waals surface area (Å²) >= 11 is 1.56. The molecule has 2 saturated carbocycles. The quantitative estimate of drug-likeness (QED) is 0.287. The van der Waals surface area contributed by atoms with Crippen molar-refractivity contribution in [3.05, 3.63) is 59.3 Å². The van der Waals surface area contributed by atoms with Crippen molar-refractivity contribution in [3.8, 4) is 33.2 Å². The van der Waals surface area contributed by atoms with Crippen LogP contribution in [-0.4, -0.2) is 50.1 Å². The lowest BCUT2D eigenvalue weighted by Crippen LogP contribution is -2.42. The molecule has 42 heavy (non-hydrogen) atoms. The van der Waals surface area contributed by atoms with Gasteiger partial charge in [-0.3, -0.25) is 13.9 Å². The molecule has 1 aliphatic heterocycles. The van der Waals surface area contributed by atoms with Crippen LogP contribution in [0.1, 0.15) is 61.3 Å². The van der Waals surface area contributed by atoms with Crippen LogP contribution in [0.25, 0.3) is 21.0 Å². The molecule has 0 bridgehead atoms. The summed E-state index contributed by atoms with van der Waals surface area (Å²) in [6.45, 7) is 3.17. The van der Waals surface area contributed by atoms with E-state index in [0.717, 1.165) is 63.6 Å². The third-order valence-electron chi connectivity index (χ3n) is 8.83. The first kappa shape index (κ1) is 28.7. The average molecular weight is 602 g/mol. The number of hydrogen-bond donors (Lipinski definition) is 3. The van der Waals surface area contributed by atoms with Gasteiger partial charge >= 0.3 is 0 Å². The van der Waals surface area contributed by atoms with Crippen LogP contribution in [0.2, 0.25) is 0 Å². The van der Waals surface area contributed by atoms with Crippen molar-refractivity contribution < 1.29 is 13.9 Å². The summed E-state index contributed by atoms with van der Waals surface area (Å²) in [4.78, 5) is 21.9. The highest BCUT2D eigenvalue weighted by atomic mass is 32.3. The van der Waals surface area contributed by atoms with Gasteiger partial charge in [0.1, 0.15) is 10.5 Å². The third-order valence-corrected chi connectivity index (χ3v) is 11.7. The lowest BCUT2D eigenvalue weighted by atomic mass is 9.76. The van der Waals surface area contributed by atoms with Gasteiger partial charge in [0.05, 0.1) is 39.8 Å². The van der Waals surface area contributed by atoms with Gasteiger partial charge in [-0.1, -0.05) is 37.1 Å². The molecule has 1 saturated heterocycles. The minimum Gasteiger partial charge on any atom is -0.368 e. The van der Waals surface area contributed by atoms with Crippen LogP contribution >= 0.6 is 21.9 Å². The molecule has 0 unspecified atom stereocenters. The molecule has 0 spiro atoms. The molecule has 1 amide bonds. The van der Waals surface area contributed by atoms with E-state index in [-0.39, 0.29) is 17.7 Å². The fourth-order valence-electron chi connectivity index (χ4n) is 6.14. The zero-order valence-electron chi connectivity index (χ0n) is 23.7. The summed E-state index contributed by atoms with van der Waals surface area (Å²) in [7, 11) is -2.47. The summed E-state index contributed by atoms with van der Waals surface area (Å²) < 4.78 is 20.0. The van der Waals surface area contributed by atoms with Crippen molar-refractivity contribution in [2.24, 2.45) is 5.92 Å². The molecule has 2 atom stereocenters. The second-order valence-electron chi connectivity index (χ2n) is 11.8. The number of nitrogens with zero attached hydrogens (tertiary/aromatic N) is 4. The number of nitrogens with one attached hydrogen (secondary N) is 1. The number of carbonyl (C=O) groups excluding carboxylic acids is 1. The summed E-state index contributed by atoms with van der Waals surface area (Å²) in [5.41, 5.74) is 4.60. The van der Waals surface area contributed by atoms with Crippen molar-refractivity contribution >= 4 is 33.5 Å². The van der Waals surface area contributed by atoms with Gasteiger partial charge in [-0.25, -0.2) is 4.98 Å². The van der Waals surface area contributed by atoms with Crippen molar-refractivity contribution in [2.45, 2.75) is 56.9 Å². The molecular formula is C32H35N5O3S2. The Morgan fingerprint density at radius 1 is 1.10 bits per heavy atom. The van der Waals surface area contributed by atoms with Crippen LogP contribution in [0.15, 0.2) is 42.5 Å². The number of aryl methyl sites for hydroxylation is 1. The summed E-state index contributed by atoms with van der Waals surface area (Å²) in [6, 6.07) is 18.7. The number of aromatic nitrogens is 1. The van der Waals surface area contributed by atoms with E-state index in [9.17, 15) is 24.4 Å². The van der Waals surface area contributed by atoms with E-state index in [2.05, 4.69) is 46.6 Å². The standard InChI is InChI=1S/C32H35N5O3S2/c1-21-6-11-25(23(18-21)19-33)31-35-28(26-4-2-3-5-27(26)30(38)36-32(20-34)12-13-32)29(41-31)22-7-9-24(10-8-22)37-14-16-42(39,40)17-15-37/h6-11,18,26-27,39-40H,2-5,12-17H2,1H3,(H,36,38)/t26-,27-/m1/s1. The van der Waals surface area contributed by atoms with E-state index in [4.69, 9.17) is 4.98 Å². The Hall–Kier alpha value is -3.41. The van der Waals surface area contributed by atoms with Gasteiger partial charge in [-0.15, -0.1) is 11.3 Å². The maximum absolute atomic E-state index is 13.6. The Balaban J connectivity index is 1.38. The largest absolute Gasteiger partial charge is 0.368 e. The van der Waals surface area contributed by atoms with Gasteiger partial charge in [0.25, 0.3) is 0 Å². The Bertz CT molecular complexity index is 1570. The van der Waals surface area contributed by atoms with Crippen LogP contribution in [0, 0.1) is 35.5 Å². The Morgan fingerprint density at radius 2 is 1.81 bits per heavy atom. The first-order valence-electron chi connectivity index (χ1n) is 14.5. The molecular weight excluding hydrogens is 567 g/mol. The third kappa shape index (κ3) is 5.77. The van der Waals surface area contributed by atoms with E-state index in [1.807, 2.05) is 25.1 Å². The van der Waals surface area contributed by atoms with Crippen molar-refractivity contribution in [1.29, 1.82) is 10.5 Å².